The summed E-state index contributed by atoms with van der Waals surface area (Å²) in [5.74, 6) is -0.673. The molecular weight excluding hydrogens is 292 g/mol. The minimum atomic E-state index is -0.975. The van der Waals surface area contributed by atoms with Crippen molar-refractivity contribution in [1.82, 2.24) is 5.32 Å². The minimum Gasteiger partial charge on any atom is -0.466 e. The molecule has 1 aromatic rings. The van der Waals surface area contributed by atoms with E-state index in [0.29, 0.717) is 0 Å². The standard InChI is InChI=1S/C14H16N2O6/c1-21-13(17)8-7-12(9-16(19)20)15-14(18)22-10-11-5-3-2-4-6-11/h2-8,12H,9-10H2,1H3,(H,15,18)/b8-7+/t12-/m1/s1. The summed E-state index contributed by atoms with van der Waals surface area (Å²) in [5.41, 5.74) is 0.786. The first kappa shape index (κ1) is 17.2. The molecule has 0 spiro atoms. The van der Waals surface area contributed by atoms with E-state index >= 15 is 0 Å². The summed E-state index contributed by atoms with van der Waals surface area (Å²) in [7, 11) is 1.18. The molecule has 0 fully saturated rings. The van der Waals surface area contributed by atoms with Crippen LogP contribution >= 0.6 is 0 Å². The first-order valence-corrected chi connectivity index (χ1v) is 6.36. The van der Waals surface area contributed by atoms with E-state index in [2.05, 4.69) is 10.1 Å². The second-order valence-electron chi connectivity index (χ2n) is 4.21. The van der Waals surface area contributed by atoms with Crippen molar-refractivity contribution in [2.24, 2.45) is 0 Å². The molecule has 1 rings (SSSR count). The number of carbonyl (C=O) groups excluding carboxylic acids is 2. The summed E-state index contributed by atoms with van der Waals surface area (Å²) in [4.78, 5) is 32.5. The van der Waals surface area contributed by atoms with Gasteiger partial charge < -0.3 is 14.8 Å². The van der Waals surface area contributed by atoms with E-state index in [1.165, 1.54) is 13.2 Å². The monoisotopic (exact) mass is 308 g/mol. The average Bonchev–Trinajstić information content (AvgIpc) is 2.50. The second-order valence-corrected chi connectivity index (χ2v) is 4.21. The van der Waals surface area contributed by atoms with E-state index < -0.39 is 29.6 Å². The van der Waals surface area contributed by atoms with Gasteiger partial charge in [0.15, 0.2) is 0 Å². The summed E-state index contributed by atoms with van der Waals surface area (Å²) in [6.45, 7) is -0.535. The predicted octanol–water partition coefficient (Wildman–Crippen LogP) is 1.29. The Morgan fingerprint density at radius 3 is 2.64 bits per heavy atom. The van der Waals surface area contributed by atoms with E-state index in [0.717, 1.165) is 11.6 Å². The van der Waals surface area contributed by atoms with Crippen LogP contribution in [0.1, 0.15) is 5.56 Å². The smallest absolute Gasteiger partial charge is 0.408 e. The highest BCUT2D eigenvalue weighted by atomic mass is 16.6. The van der Waals surface area contributed by atoms with Gasteiger partial charge in [0.1, 0.15) is 12.6 Å². The highest BCUT2D eigenvalue weighted by Crippen LogP contribution is 2.01. The Balaban J connectivity index is 2.53. The van der Waals surface area contributed by atoms with Gasteiger partial charge in [-0.15, -0.1) is 0 Å². The number of nitro groups is 1. The molecule has 8 nitrogen and oxygen atoms in total. The largest absolute Gasteiger partial charge is 0.466 e. The summed E-state index contributed by atoms with van der Waals surface area (Å²) in [5, 5.41) is 12.8. The molecule has 1 aromatic carbocycles. The number of alkyl carbamates (subject to hydrolysis) is 1. The van der Waals surface area contributed by atoms with Gasteiger partial charge >= 0.3 is 12.1 Å². The first-order chi connectivity index (χ1) is 10.5. The quantitative estimate of drug-likeness (QED) is 0.352. The van der Waals surface area contributed by atoms with Gasteiger partial charge in [-0.1, -0.05) is 30.3 Å². The Hall–Kier alpha value is -2.90. The number of nitrogens with one attached hydrogen (secondary N) is 1. The number of amides is 1. The molecular formula is C14H16N2O6. The van der Waals surface area contributed by atoms with Crippen molar-refractivity contribution in [2.75, 3.05) is 13.7 Å². The number of hydrogen-bond acceptors (Lipinski definition) is 6. The van der Waals surface area contributed by atoms with Crippen molar-refractivity contribution < 1.29 is 24.0 Å². The highest BCUT2D eigenvalue weighted by molar-refractivity contribution is 5.82. The van der Waals surface area contributed by atoms with Crippen molar-refractivity contribution in [3.05, 3.63) is 58.2 Å². The molecule has 0 heterocycles. The van der Waals surface area contributed by atoms with E-state index in [-0.39, 0.29) is 6.61 Å². The summed E-state index contributed by atoms with van der Waals surface area (Å²) >= 11 is 0. The number of hydrogen-bond donors (Lipinski definition) is 1. The Morgan fingerprint density at radius 2 is 2.05 bits per heavy atom. The van der Waals surface area contributed by atoms with Gasteiger partial charge in [0.25, 0.3) is 0 Å². The molecule has 0 aromatic heterocycles. The number of rotatable bonds is 7. The van der Waals surface area contributed by atoms with Crippen molar-refractivity contribution >= 4 is 12.1 Å². The van der Waals surface area contributed by atoms with Gasteiger partial charge in [0.2, 0.25) is 6.54 Å². The van der Waals surface area contributed by atoms with Crippen molar-refractivity contribution in [1.29, 1.82) is 0 Å². The third-order valence-corrected chi connectivity index (χ3v) is 2.53. The van der Waals surface area contributed by atoms with Gasteiger partial charge in [0, 0.05) is 11.0 Å². The third-order valence-electron chi connectivity index (χ3n) is 2.53. The highest BCUT2D eigenvalue weighted by Gasteiger charge is 2.16. The van der Waals surface area contributed by atoms with Crippen molar-refractivity contribution in [3.8, 4) is 0 Å². The number of benzene rings is 1. The molecule has 0 aliphatic heterocycles. The first-order valence-electron chi connectivity index (χ1n) is 6.36. The Morgan fingerprint density at radius 1 is 1.36 bits per heavy atom. The van der Waals surface area contributed by atoms with E-state index in [1.807, 2.05) is 6.07 Å². The predicted molar refractivity (Wildman–Crippen MR) is 76.6 cm³/mol. The molecule has 8 heteroatoms. The molecule has 0 saturated carbocycles. The molecule has 1 N–H and O–H groups in total. The maximum atomic E-state index is 11.6. The van der Waals surface area contributed by atoms with Crippen LogP contribution in [0.2, 0.25) is 0 Å². The molecule has 1 amide bonds. The zero-order chi connectivity index (χ0) is 16.4. The molecule has 118 valence electrons. The molecule has 22 heavy (non-hydrogen) atoms. The minimum absolute atomic E-state index is 0.0403. The lowest BCUT2D eigenvalue weighted by atomic mass is 10.2. The summed E-state index contributed by atoms with van der Waals surface area (Å²) < 4.78 is 9.33. The van der Waals surface area contributed by atoms with Gasteiger partial charge in [-0.05, 0) is 11.6 Å². The topological polar surface area (TPSA) is 108 Å². The Labute approximate surface area is 126 Å². The fourth-order valence-corrected chi connectivity index (χ4v) is 1.49. The number of nitrogens with zero attached hydrogens (tertiary/aromatic N) is 1. The SMILES string of the molecule is COC(=O)/C=C/[C@H](C[N+](=O)[O-])NC(=O)OCc1ccccc1. The fraction of sp³-hybridized carbons (Fsp3) is 0.286. The van der Waals surface area contributed by atoms with Crippen LogP contribution in [-0.2, 0) is 20.9 Å². The van der Waals surface area contributed by atoms with Crippen molar-refractivity contribution in [3.63, 3.8) is 0 Å². The van der Waals surface area contributed by atoms with Crippen molar-refractivity contribution in [2.45, 2.75) is 12.6 Å². The van der Waals surface area contributed by atoms with Gasteiger partial charge in [-0.25, -0.2) is 9.59 Å². The molecule has 0 unspecified atom stereocenters. The Bertz CT molecular complexity index is 544. The number of ether oxygens (including phenoxy) is 2. The molecule has 0 aliphatic carbocycles. The molecule has 0 bridgehead atoms. The Kier molecular flexibility index (Phi) is 7.10. The lowest BCUT2D eigenvalue weighted by Gasteiger charge is -2.11. The third kappa shape index (κ3) is 7.04. The van der Waals surface area contributed by atoms with Crippen LogP contribution < -0.4 is 5.32 Å². The fourth-order valence-electron chi connectivity index (χ4n) is 1.49. The van der Waals surface area contributed by atoms with Crippen LogP contribution in [0.15, 0.2) is 42.5 Å². The summed E-state index contributed by atoms with van der Waals surface area (Å²) in [6.07, 6.45) is 1.37. The summed E-state index contributed by atoms with van der Waals surface area (Å²) in [6, 6.07) is 8.00. The molecule has 1 atom stereocenters. The van der Waals surface area contributed by atoms with Crippen LogP contribution in [0.3, 0.4) is 0 Å². The lowest BCUT2D eigenvalue weighted by Crippen LogP contribution is -2.38. The maximum absolute atomic E-state index is 11.6. The van der Waals surface area contributed by atoms with Crippen LogP contribution in [0.4, 0.5) is 4.79 Å². The number of carbonyl (C=O) groups is 2. The lowest BCUT2D eigenvalue weighted by molar-refractivity contribution is -0.481. The maximum Gasteiger partial charge on any atom is 0.408 e. The van der Waals surface area contributed by atoms with Crippen LogP contribution in [0, 0.1) is 10.1 Å². The zero-order valence-corrected chi connectivity index (χ0v) is 11.9. The molecule has 0 radical (unpaired) electrons. The molecule has 0 aliphatic rings. The van der Waals surface area contributed by atoms with Gasteiger partial charge in [-0.3, -0.25) is 10.1 Å². The average molecular weight is 308 g/mol. The zero-order valence-electron chi connectivity index (χ0n) is 11.9. The number of esters is 1. The van der Waals surface area contributed by atoms with Crippen LogP contribution in [-0.4, -0.2) is 36.7 Å². The second kappa shape index (κ2) is 9.11. The van der Waals surface area contributed by atoms with Crippen LogP contribution in [0.25, 0.3) is 0 Å². The van der Waals surface area contributed by atoms with Gasteiger partial charge in [0.05, 0.1) is 7.11 Å². The molecule has 0 saturated heterocycles. The van der Waals surface area contributed by atoms with Crippen LogP contribution in [0.5, 0.6) is 0 Å². The van der Waals surface area contributed by atoms with E-state index in [4.69, 9.17) is 4.74 Å². The normalized spacial score (nSPS) is 11.7. The van der Waals surface area contributed by atoms with E-state index in [9.17, 15) is 19.7 Å². The number of methoxy groups -OCH3 is 1. The van der Waals surface area contributed by atoms with E-state index in [1.54, 1.807) is 24.3 Å². The van der Waals surface area contributed by atoms with Gasteiger partial charge in [-0.2, -0.15) is 0 Å².